The molecule has 2 aliphatic rings. The maximum atomic E-state index is 12.6. The van der Waals surface area contributed by atoms with E-state index in [1.54, 1.807) is 0 Å². The van der Waals surface area contributed by atoms with Crippen molar-refractivity contribution in [3.8, 4) is 0 Å². The summed E-state index contributed by atoms with van der Waals surface area (Å²) in [5.41, 5.74) is 4.09. The first-order valence-corrected chi connectivity index (χ1v) is 8.38. The van der Waals surface area contributed by atoms with E-state index >= 15 is 0 Å². The Balaban J connectivity index is 1.62. The molecule has 4 nitrogen and oxygen atoms in total. The van der Waals surface area contributed by atoms with E-state index in [1.165, 1.54) is 16.7 Å². The zero-order valence-corrected chi connectivity index (χ0v) is 13.8. The SMILES string of the molecule is CN1Cc2ccc(CN(C)C(=O)[C@@H]3CCCNCC3)cc2C1. The van der Waals surface area contributed by atoms with Crippen LogP contribution in [-0.2, 0) is 24.4 Å². The molecule has 22 heavy (non-hydrogen) atoms. The second-order valence-corrected chi connectivity index (χ2v) is 6.85. The summed E-state index contributed by atoms with van der Waals surface area (Å²) in [4.78, 5) is 16.9. The summed E-state index contributed by atoms with van der Waals surface area (Å²) in [7, 11) is 4.09. The molecule has 0 spiro atoms. The monoisotopic (exact) mass is 301 g/mol. The van der Waals surface area contributed by atoms with E-state index in [-0.39, 0.29) is 5.92 Å². The van der Waals surface area contributed by atoms with E-state index in [4.69, 9.17) is 0 Å². The maximum absolute atomic E-state index is 12.6. The van der Waals surface area contributed by atoms with Crippen molar-refractivity contribution in [2.24, 2.45) is 5.92 Å². The normalized spacial score (nSPS) is 22.2. The molecule has 1 saturated heterocycles. The number of amides is 1. The molecule has 1 N–H and O–H groups in total. The number of benzene rings is 1. The number of nitrogens with one attached hydrogen (secondary N) is 1. The van der Waals surface area contributed by atoms with Crippen LogP contribution in [0.4, 0.5) is 0 Å². The molecule has 3 rings (SSSR count). The fourth-order valence-electron chi connectivity index (χ4n) is 3.65. The number of hydrogen-bond donors (Lipinski definition) is 1. The summed E-state index contributed by atoms with van der Waals surface area (Å²) < 4.78 is 0. The minimum Gasteiger partial charge on any atom is -0.341 e. The molecular formula is C18H27N3O. The van der Waals surface area contributed by atoms with Gasteiger partial charge >= 0.3 is 0 Å². The fourth-order valence-corrected chi connectivity index (χ4v) is 3.65. The molecule has 120 valence electrons. The molecule has 1 atom stereocenters. The van der Waals surface area contributed by atoms with Crippen LogP contribution in [0, 0.1) is 5.92 Å². The quantitative estimate of drug-likeness (QED) is 0.927. The average Bonchev–Trinajstić information content (AvgIpc) is 2.71. The van der Waals surface area contributed by atoms with Gasteiger partial charge < -0.3 is 10.2 Å². The largest absolute Gasteiger partial charge is 0.341 e. The molecule has 0 aromatic heterocycles. The zero-order valence-electron chi connectivity index (χ0n) is 13.8. The lowest BCUT2D eigenvalue weighted by molar-refractivity contribution is -0.135. The van der Waals surface area contributed by atoms with Gasteiger partial charge in [0.25, 0.3) is 0 Å². The van der Waals surface area contributed by atoms with Gasteiger partial charge in [0.15, 0.2) is 0 Å². The fraction of sp³-hybridized carbons (Fsp3) is 0.611. The molecule has 4 heteroatoms. The van der Waals surface area contributed by atoms with Crippen molar-refractivity contribution in [2.45, 2.75) is 38.9 Å². The van der Waals surface area contributed by atoms with Gasteiger partial charge in [0.1, 0.15) is 0 Å². The molecule has 2 heterocycles. The van der Waals surface area contributed by atoms with Crippen LogP contribution in [0.5, 0.6) is 0 Å². The van der Waals surface area contributed by atoms with Gasteiger partial charge in [-0.25, -0.2) is 0 Å². The molecule has 0 bridgehead atoms. The lowest BCUT2D eigenvalue weighted by atomic mass is 9.98. The van der Waals surface area contributed by atoms with Gasteiger partial charge in [-0.3, -0.25) is 9.69 Å². The van der Waals surface area contributed by atoms with E-state index < -0.39 is 0 Å². The van der Waals surface area contributed by atoms with Crippen molar-refractivity contribution in [1.82, 2.24) is 15.1 Å². The molecule has 2 aliphatic heterocycles. The second kappa shape index (κ2) is 6.80. The Bertz CT molecular complexity index is 535. The number of fused-ring (bicyclic) bond motifs is 1. The number of nitrogens with zero attached hydrogens (tertiary/aromatic N) is 2. The third-order valence-electron chi connectivity index (χ3n) is 4.87. The van der Waals surface area contributed by atoms with E-state index in [0.717, 1.165) is 52.0 Å². The van der Waals surface area contributed by atoms with Crippen molar-refractivity contribution in [2.75, 3.05) is 27.2 Å². The molecule has 1 amide bonds. The van der Waals surface area contributed by atoms with Crippen molar-refractivity contribution in [3.63, 3.8) is 0 Å². The first-order chi connectivity index (χ1) is 10.6. The Kier molecular flexibility index (Phi) is 4.79. The van der Waals surface area contributed by atoms with Crippen LogP contribution in [0.15, 0.2) is 18.2 Å². The highest BCUT2D eigenvalue weighted by Crippen LogP contribution is 2.23. The van der Waals surface area contributed by atoms with Crippen LogP contribution in [0.1, 0.15) is 36.0 Å². The predicted molar refractivity (Wildman–Crippen MR) is 88.3 cm³/mol. The Morgan fingerprint density at radius 1 is 1.27 bits per heavy atom. The number of carbonyl (C=O) groups excluding carboxylic acids is 1. The smallest absolute Gasteiger partial charge is 0.225 e. The van der Waals surface area contributed by atoms with Gasteiger partial charge in [-0.15, -0.1) is 0 Å². The van der Waals surface area contributed by atoms with E-state index in [1.807, 2.05) is 11.9 Å². The highest BCUT2D eigenvalue weighted by atomic mass is 16.2. The van der Waals surface area contributed by atoms with Crippen molar-refractivity contribution in [3.05, 3.63) is 34.9 Å². The van der Waals surface area contributed by atoms with E-state index in [9.17, 15) is 4.79 Å². The Labute approximate surface area is 133 Å². The van der Waals surface area contributed by atoms with Crippen LogP contribution in [0.3, 0.4) is 0 Å². The van der Waals surface area contributed by atoms with E-state index in [0.29, 0.717) is 5.91 Å². The molecule has 0 saturated carbocycles. The Morgan fingerprint density at radius 2 is 2.09 bits per heavy atom. The lowest BCUT2D eigenvalue weighted by Crippen LogP contribution is -2.33. The van der Waals surface area contributed by atoms with Crippen LogP contribution in [-0.4, -0.2) is 42.9 Å². The highest BCUT2D eigenvalue weighted by Gasteiger charge is 2.23. The minimum absolute atomic E-state index is 0.195. The number of hydrogen-bond acceptors (Lipinski definition) is 3. The molecule has 0 radical (unpaired) electrons. The van der Waals surface area contributed by atoms with Crippen molar-refractivity contribution in [1.29, 1.82) is 0 Å². The summed E-state index contributed by atoms with van der Waals surface area (Å²) in [6, 6.07) is 6.68. The predicted octanol–water partition coefficient (Wildman–Crippen LogP) is 1.98. The standard InChI is InChI=1S/C18H27N3O/c1-20-12-16-6-5-14(10-17(16)13-20)11-21(2)18(22)15-4-3-8-19-9-7-15/h5-6,10,15,19H,3-4,7-9,11-13H2,1-2H3/t15-/m1/s1. The van der Waals surface area contributed by atoms with Gasteiger partial charge in [-0.1, -0.05) is 18.2 Å². The summed E-state index contributed by atoms with van der Waals surface area (Å²) in [6.45, 7) is 4.80. The van der Waals surface area contributed by atoms with Crippen LogP contribution in [0.2, 0.25) is 0 Å². The second-order valence-electron chi connectivity index (χ2n) is 6.85. The topological polar surface area (TPSA) is 35.6 Å². The third kappa shape index (κ3) is 3.50. The summed E-state index contributed by atoms with van der Waals surface area (Å²) in [5.74, 6) is 0.502. The third-order valence-corrected chi connectivity index (χ3v) is 4.87. The number of carbonyl (C=O) groups is 1. The molecule has 0 aliphatic carbocycles. The molecule has 1 aromatic carbocycles. The molecular weight excluding hydrogens is 274 g/mol. The first-order valence-electron chi connectivity index (χ1n) is 8.38. The van der Waals surface area contributed by atoms with Crippen LogP contribution in [0.25, 0.3) is 0 Å². The highest BCUT2D eigenvalue weighted by molar-refractivity contribution is 5.78. The van der Waals surface area contributed by atoms with Gasteiger partial charge in [0.2, 0.25) is 5.91 Å². The minimum atomic E-state index is 0.195. The van der Waals surface area contributed by atoms with Gasteiger partial charge in [0, 0.05) is 32.6 Å². The summed E-state index contributed by atoms with van der Waals surface area (Å²) >= 11 is 0. The molecule has 0 unspecified atom stereocenters. The number of rotatable bonds is 3. The summed E-state index contributed by atoms with van der Waals surface area (Å²) in [5, 5.41) is 3.38. The first kappa shape index (κ1) is 15.5. The Hall–Kier alpha value is -1.39. The zero-order chi connectivity index (χ0) is 15.5. The lowest BCUT2D eigenvalue weighted by Gasteiger charge is -2.23. The van der Waals surface area contributed by atoms with Gasteiger partial charge in [-0.2, -0.15) is 0 Å². The summed E-state index contributed by atoms with van der Waals surface area (Å²) in [6.07, 6.45) is 3.10. The average molecular weight is 301 g/mol. The molecule has 1 aromatic rings. The van der Waals surface area contributed by atoms with Crippen molar-refractivity contribution >= 4 is 5.91 Å². The van der Waals surface area contributed by atoms with Crippen LogP contribution >= 0.6 is 0 Å². The Morgan fingerprint density at radius 3 is 2.95 bits per heavy atom. The van der Waals surface area contributed by atoms with Gasteiger partial charge in [-0.05, 0) is 56.1 Å². The van der Waals surface area contributed by atoms with E-state index in [2.05, 4.69) is 35.5 Å². The molecule has 1 fully saturated rings. The maximum Gasteiger partial charge on any atom is 0.225 e. The van der Waals surface area contributed by atoms with Gasteiger partial charge in [0.05, 0.1) is 0 Å². The van der Waals surface area contributed by atoms with Crippen LogP contribution < -0.4 is 5.32 Å². The van der Waals surface area contributed by atoms with Crippen molar-refractivity contribution < 1.29 is 4.79 Å².